The highest BCUT2D eigenvalue weighted by Crippen LogP contribution is 2.23. The van der Waals surface area contributed by atoms with Crippen LogP contribution in [0, 0.1) is 0 Å². The monoisotopic (exact) mass is 269 g/mol. The van der Waals surface area contributed by atoms with Gasteiger partial charge in [0, 0.05) is 11.8 Å². The summed E-state index contributed by atoms with van der Waals surface area (Å²) in [6.07, 6.45) is 2.40. The number of rotatable bonds is 2. The average molecular weight is 270 g/mol. The summed E-state index contributed by atoms with van der Waals surface area (Å²) in [5.74, 6) is 0. The maximum absolute atomic E-state index is 11.3. The van der Waals surface area contributed by atoms with Gasteiger partial charge in [0.05, 0.1) is 4.90 Å². The molecule has 1 heterocycles. The third-order valence-electron chi connectivity index (χ3n) is 2.13. The number of halogens is 1. The summed E-state index contributed by atoms with van der Waals surface area (Å²) in [6.45, 7) is 0. The molecule has 0 fully saturated rings. The van der Waals surface area contributed by atoms with E-state index in [2.05, 4.69) is 15.2 Å². The van der Waals surface area contributed by atoms with Gasteiger partial charge in [-0.15, -0.1) is 10.2 Å². The van der Waals surface area contributed by atoms with Crippen LogP contribution in [0.15, 0.2) is 35.5 Å². The molecule has 7 heteroatoms. The zero-order valence-electron chi connectivity index (χ0n) is 8.83. The van der Waals surface area contributed by atoms with Crippen LogP contribution in [0.2, 0.25) is 5.15 Å². The van der Waals surface area contributed by atoms with Gasteiger partial charge in [-0.2, -0.15) is 0 Å². The lowest BCUT2D eigenvalue weighted by atomic mass is 10.2. The maximum atomic E-state index is 11.3. The minimum Gasteiger partial charge on any atom is -0.224 e. The van der Waals surface area contributed by atoms with Crippen LogP contribution in [0.4, 0.5) is 0 Å². The summed E-state index contributed by atoms with van der Waals surface area (Å²) < 4.78 is 22.6. The first kappa shape index (κ1) is 11.9. The molecular weight excluding hydrogens is 262 g/mol. The molecule has 0 radical (unpaired) electrons. The predicted octanol–water partition coefficient (Wildman–Crippen LogP) is 1.60. The van der Waals surface area contributed by atoms with Gasteiger partial charge in [-0.1, -0.05) is 23.7 Å². The van der Waals surface area contributed by atoms with Crippen LogP contribution < -0.4 is 0 Å². The van der Waals surface area contributed by atoms with Gasteiger partial charge in [-0.3, -0.25) is 0 Å². The second-order valence-electron chi connectivity index (χ2n) is 3.40. The Morgan fingerprint density at radius 1 is 1.18 bits per heavy atom. The van der Waals surface area contributed by atoms with Gasteiger partial charge in [0.25, 0.3) is 0 Å². The topological polar surface area (TPSA) is 72.8 Å². The van der Waals surface area contributed by atoms with E-state index in [0.29, 0.717) is 11.3 Å². The average Bonchev–Trinajstić information content (AvgIpc) is 2.29. The Balaban J connectivity index is 2.47. The third-order valence-corrected chi connectivity index (χ3v) is 3.54. The van der Waals surface area contributed by atoms with E-state index in [1.165, 1.54) is 18.5 Å². The Kier molecular flexibility index (Phi) is 3.08. The fourth-order valence-corrected chi connectivity index (χ4v) is 2.12. The number of nitrogens with zero attached hydrogens (tertiary/aromatic N) is 3. The van der Waals surface area contributed by atoms with Gasteiger partial charge in [0.15, 0.2) is 15.0 Å². The van der Waals surface area contributed by atoms with Crippen molar-refractivity contribution in [2.24, 2.45) is 0 Å². The van der Waals surface area contributed by atoms with Gasteiger partial charge in [-0.05, 0) is 12.1 Å². The van der Waals surface area contributed by atoms with E-state index in [0.717, 1.165) is 6.26 Å². The van der Waals surface area contributed by atoms with E-state index < -0.39 is 9.84 Å². The van der Waals surface area contributed by atoms with Crippen molar-refractivity contribution in [2.45, 2.75) is 4.90 Å². The van der Waals surface area contributed by atoms with Gasteiger partial charge in [0.2, 0.25) is 0 Å². The highest BCUT2D eigenvalue weighted by Gasteiger charge is 2.09. The first-order chi connectivity index (χ1) is 7.98. The van der Waals surface area contributed by atoms with Crippen LogP contribution in [-0.4, -0.2) is 29.9 Å². The van der Waals surface area contributed by atoms with Crippen molar-refractivity contribution in [1.29, 1.82) is 0 Å². The lowest BCUT2D eigenvalue weighted by Crippen LogP contribution is -1.97. The molecule has 0 saturated heterocycles. The van der Waals surface area contributed by atoms with Crippen LogP contribution in [0.25, 0.3) is 11.3 Å². The lowest BCUT2D eigenvalue weighted by molar-refractivity contribution is 0.602. The highest BCUT2D eigenvalue weighted by molar-refractivity contribution is 7.90. The van der Waals surface area contributed by atoms with Crippen LogP contribution in [0.3, 0.4) is 0 Å². The van der Waals surface area contributed by atoms with Crippen molar-refractivity contribution < 1.29 is 8.42 Å². The molecule has 1 aromatic heterocycles. The number of hydrogen-bond acceptors (Lipinski definition) is 5. The largest absolute Gasteiger partial charge is 0.224 e. The Labute approximate surface area is 103 Å². The minimum absolute atomic E-state index is 0.229. The zero-order valence-corrected chi connectivity index (χ0v) is 10.4. The van der Waals surface area contributed by atoms with Crippen LogP contribution >= 0.6 is 11.6 Å². The second-order valence-corrected chi connectivity index (χ2v) is 5.77. The molecule has 88 valence electrons. The number of hydrogen-bond donors (Lipinski definition) is 0. The third kappa shape index (κ3) is 2.59. The summed E-state index contributed by atoms with van der Waals surface area (Å²) >= 11 is 5.86. The van der Waals surface area contributed by atoms with Crippen molar-refractivity contribution in [3.63, 3.8) is 0 Å². The lowest BCUT2D eigenvalue weighted by Gasteiger charge is -2.02. The smallest absolute Gasteiger partial charge is 0.175 e. The number of benzene rings is 1. The number of aromatic nitrogens is 3. The molecule has 0 atom stereocenters. The van der Waals surface area contributed by atoms with E-state index in [4.69, 9.17) is 11.6 Å². The van der Waals surface area contributed by atoms with Gasteiger partial charge >= 0.3 is 0 Å². The summed E-state index contributed by atoms with van der Waals surface area (Å²) in [5.41, 5.74) is 1.09. The van der Waals surface area contributed by atoms with Crippen LogP contribution in [0.1, 0.15) is 0 Å². The molecule has 0 spiro atoms. The van der Waals surface area contributed by atoms with Crippen molar-refractivity contribution >= 4 is 21.4 Å². The van der Waals surface area contributed by atoms with Crippen LogP contribution in [-0.2, 0) is 9.84 Å². The zero-order chi connectivity index (χ0) is 12.5. The molecule has 0 N–H and O–H groups in total. The SMILES string of the molecule is CS(=O)(=O)c1ccc(-c2nncnc2Cl)cc1. The number of sulfone groups is 1. The van der Waals surface area contributed by atoms with Crippen molar-refractivity contribution in [2.75, 3.05) is 6.26 Å². The quantitative estimate of drug-likeness (QED) is 0.828. The molecule has 2 rings (SSSR count). The molecule has 0 aliphatic carbocycles. The van der Waals surface area contributed by atoms with Crippen LogP contribution in [0.5, 0.6) is 0 Å². The van der Waals surface area contributed by atoms with Gasteiger partial charge < -0.3 is 0 Å². The Hall–Kier alpha value is -1.53. The summed E-state index contributed by atoms with van der Waals surface area (Å²) in [7, 11) is -3.20. The van der Waals surface area contributed by atoms with Crippen molar-refractivity contribution in [3.05, 3.63) is 35.7 Å². The molecule has 5 nitrogen and oxygen atoms in total. The first-order valence-corrected chi connectivity index (χ1v) is 6.89. The summed E-state index contributed by atoms with van der Waals surface area (Å²) in [6, 6.07) is 6.23. The fourth-order valence-electron chi connectivity index (χ4n) is 1.30. The molecule has 0 unspecified atom stereocenters. The Bertz CT molecular complexity index is 641. The fraction of sp³-hybridized carbons (Fsp3) is 0.100. The molecule has 0 bridgehead atoms. The maximum Gasteiger partial charge on any atom is 0.175 e. The second kappa shape index (κ2) is 4.38. The summed E-state index contributed by atoms with van der Waals surface area (Å²) in [5, 5.41) is 7.70. The molecular formula is C10H8ClN3O2S. The van der Waals surface area contributed by atoms with Gasteiger partial charge in [-0.25, -0.2) is 13.4 Å². The van der Waals surface area contributed by atoms with E-state index >= 15 is 0 Å². The van der Waals surface area contributed by atoms with Crippen molar-refractivity contribution in [3.8, 4) is 11.3 Å². The van der Waals surface area contributed by atoms with Gasteiger partial charge in [0.1, 0.15) is 12.0 Å². The van der Waals surface area contributed by atoms with E-state index in [1.54, 1.807) is 12.1 Å². The predicted molar refractivity (Wildman–Crippen MR) is 63.4 cm³/mol. The van der Waals surface area contributed by atoms with E-state index in [1.807, 2.05) is 0 Å². The van der Waals surface area contributed by atoms with E-state index in [-0.39, 0.29) is 10.0 Å². The Morgan fingerprint density at radius 3 is 2.35 bits per heavy atom. The molecule has 2 aromatic rings. The van der Waals surface area contributed by atoms with E-state index in [9.17, 15) is 8.42 Å². The standard InChI is InChI=1S/C10H8ClN3O2S/c1-17(15,16)8-4-2-7(3-5-8)9-10(11)12-6-13-14-9/h2-6H,1H3. The molecule has 0 aliphatic rings. The first-order valence-electron chi connectivity index (χ1n) is 4.62. The normalized spacial score (nSPS) is 11.4. The molecule has 0 saturated carbocycles. The molecule has 0 amide bonds. The minimum atomic E-state index is -3.20. The highest BCUT2D eigenvalue weighted by atomic mass is 35.5. The molecule has 0 aliphatic heterocycles. The molecule has 17 heavy (non-hydrogen) atoms. The molecule has 1 aromatic carbocycles. The summed E-state index contributed by atoms with van der Waals surface area (Å²) in [4.78, 5) is 4.04. The van der Waals surface area contributed by atoms with Crippen molar-refractivity contribution in [1.82, 2.24) is 15.2 Å². The Morgan fingerprint density at radius 2 is 1.82 bits per heavy atom.